The standard InChI is InChI=1S/C2H2BO3/c4-1-3-2(5)6/h1H,(H,5,6). The van der Waals surface area contributed by atoms with E-state index in [1.165, 1.54) is 0 Å². The van der Waals surface area contributed by atoms with Gasteiger partial charge < -0.3 is 9.90 Å². The second kappa shape index (κ2) is 2.44. The minimum Gasteiger partial charge on any atom is -0.489 e. The van der Waals surface area contributed by atoms with Crippen LogP contribution >= 0.6 is 0 Å². The normalized spacial score (nSPS) is 6.67. The zero-order valence-corrected chi connectivity index (χ0v) is 2.92. The van der Waals surface area contributed by atoms with Gasteiger partial charge in [-0.15, -0.1) is 0 Å². The van der Waals surface area contributed by atoms with Gasteiger partial charge in [0, 0.05) is 0 Å². The molecule has 0 fully saturated rings. The number of hydrogen-bond donors (Lipinski definition) is 1. The first-order chi connectivity index (χ1) is 2.77. The van der Waals surface area contributed by atoms with E-state index in [2.05, 4.69) is 0 Å². The van der Waals surface area contributed by atoms with E-state index >= 15 is 0 Å². The Bertz CT molecular complexity index is 69.2. The van der Waals surface area contributed by atoms with E-state index in [4.69, 9.17) is 5.11 Å². The molecule has 0 heterocycles. The predicted molar refractivity (Wildman–Crippen MR) is 20.5 cm³/mol. The third kappa shape index (κ3) is 3.20. The van der Waals surface area contributed by atoms with Gasteiger partial charge in [0.05, 0.1) is 6.19 Å². The predicted octanol–water partition coefficient (Wildman–Crippen LogP) is -0.441. The average molecular weight is 84.8 g/mol. The number of hydrogen-bond acceptors (Lipinski definition) is 2. The van der Waals surface area contributed by atoms with Crippen molar-refractivity contribution in [2.24, 2.45) is 0 Å². The summed E-state index contributed by atoms with van der Waals surface area (Å²) in [5.74, 6) is -1.20. The Labute approximate surface area is 35.2 Å². The molecule has 0 saturated heterocycles. The topological polar surface area (TPSA) is 54.4 Å². The van der Waals surface area contributed by atoms with Crippen molar-refractivity contribution in [3.63, 3.8) is 0 Å². The van der Waals surface area contributed by atoms with Crippen LogP contribution in [0.3, 0.4) is 0 Å². The molecule has 1 N–H and O–H groups in total. The quantitative estimate of drug-likeness (QED) is 0.365. The van der Waals surface area contributed by atoms with Crippen LogP contribution in [0, 0.1) is 0 Å². The van der Waals surface area contributed by atoms with Crippen LogP contribution in [0.25, 0.3) is 0 Å². The first-order valence-corrected chi connectivity index (χ1v) is 1.29. The maximum Gasteiger partial charge on any atom is 0.343 e. The van der Waals surface area contributed by atoms with E-state index in [9.17, 15) is 9.59 Å². The van der Waals surface area contributed by atoms with E-state index in [0.717, 1.165) is 0 Å². The lowest BCUT2D eigenvalue weighted by Gasteiger charge is -1.69. The highest BCUT2D eigenvalue weighted by Gasteiger charge is 1.93. The molecule has 0 aromatic heterocycles. The molecule has 0 aliphatic carbocycles. The van der Waals surface area contributed by atoms with Crippen molar-refractivity contribution in [3.8, 4) is 0 Å². The van der Waals surface area contributed by atoms with Crippen LogP contribution in [0.2, 0.25) is 0 Å². The van der Waals surface area contributed by atoms with Crippen molar-refractivity contribution in [3.05, 3.63) is 0 Å². The third-order valence-electron chi connectivity index (χ3n) is 0.211. The minimum atomic E-state index is -1.20. The van der Waals surface area contributed by atoms with Crippen molar-refractivity contribution in [2.45, 2.75) is 0 Å². The van der Waals surface area contributed by atoms with Gasteiger partial charge >= 0.3 is 7.28 Å². The zero-order chi connectivity index (χ0) is 4.99. The van der Waals surface area contributed by atoms with Gasteiger partial charge in [-0.05, 0) is 0 Å². The molecule has 4 heteroatoms. The maximum atomic E-state index is 9.31. The number of rotatable bonds is 2. The van der Waals surface area contributed by atoms with Crippen LogP contribution in [0.15, 0.2) is 0 Å². The smallest absolute Gasteiger partial charge is 0.343 e. The summed E-state index contributed by atoms with van der Waals surface area (Å²) in [6, 6.07) is 0. The first-order valence-electron chi connectivity index (χ1n) is 1.29. The summed E-state index contributed by atoms with van der Waals surface area (Å²) < 4.78 is 0. The SMILES string of the molecule is O=C[B]C(=O)O. The largest absolute Gasteiger partial charge is 0.489 e. The number of carbonyl (C=O) groups is 2. The minimum absolute atomic E-state index is 0.225. The highest BCUT2D eigenvalue weighted by atomic mass is 16.4. The van der Waals surface area contributed by atoms with Gasteiger partial charge in [-0.3, -0.25) is 4.79 Å². The Hall–Kier alpha value is -0.795. The van der Waals surface area contributed by atoms with Crippen molar-refractivity contribution >= 4 is 19.3 Å². The highest BCUT2D eigenvalue weighted by Crippen LogP contribution is 1.54. The molecule has 0 atom stereocenters. The zero-order valence-electron chi connectivity index (χ0n) is 2.92. The average Bonchev–Trinajstić information content (AvgIpc) is 1.35. The molecule has 31 valence electrons. The Kier molecular flexibility index (Phi) is 2.12. The summed E-state index contributed by atoms with van der Waals surface area (Å²) in [7, 11) is 0.528. The molecule has 0 saturated carbocycles. The van der Waals surface area contributed by atoms with E-state index in [1.807, 2.05) is 0 Å². The molecule has 0 spiro atoms. The van der Waals surface area contributed by atoms with Crippen LogP contribution in [0.4, 0.5) is 4.79 Å². The summed E-state index contributed by atoms with van der Waals surface area (Å²) in [6.07, 6.45) is 0.225. The monoisotopic (exact) mass is 85.0 g/mol. The molecule has 0 aliphatic rings. The molecule has 0 bridgehead atoms. The van der Waals surface area contributed by atoms with Gasteiger partial charge in [0.15, 0.2) is 0 Å². The molecule has 0 aromatic carbocycles. The van der Waals surface area contributed by atoms with Crippen molar-refractivity contribution in [1.82, 2.24) is 0 Å². The van der Waals surface area contributed by atoms with Crippen LogP contribution in [0.5, 0.6) is 0 Å². The summed E-state index contributed by atoms with van der Waals surface area (Å²) in [5.41, 5.74) is 0. The Morgan fingerprint density at radius 1 is 1.83 bits per heavy atom. The van der Waals surface area contributed by atoms with E-state index < -0.39 is 5.87 Å². The van der Waals surface area contributed by atoms with Gasteiger partial charge in [0.1, 0.15) is 0 Å². The lowest BCUT2D eigenvalue weighted by atomic mass is 9.82. The summed E-state index contributed by atoms with van der Waals surface area (Å²) in [5, 5.41) is 7.63. The molecule has 0 aliphatic heterocycles. The lowest BCUT2D eigenvalue weighted by molar-refractivity contribution is 0.220. The number of carbonyl (C=O) groups excluding carboxylic acids is 1. The molecule has 0 rings (SSSR count). The van der Waals surface area contributed by atoms with E-state index in [0.29, 0.717) is 7.28 Å². The third-order valence-corrected chi connectivity index (χ3v) is 0.211. The summed E-state index contributed by atoms with van der Waals surface area (Å²) in [4.78, 5) is 18.5. The van der Waals surface area contributed by atoms with Crippen molar-refractivity contribution < 1.29 is 14.7 Å². The maximum absolute atomic E-state index is 9.31. The fourth-order valence-electron chi connectivity index (χ4n) is 0.0582. The fraction of sp³-hybridized carbons (Fsp3) is 0. The van der Waals surface area contributed by atoms with Gasteiger partial charge in [0.25, 0.3) is 5.87 Å². The van der Waals surface area contributed by atoms with Gasteiger partial charge in [0.2, 0.25) is 0 Å². The van der Waals surface area contributed by atoms with Gasteiger partial charge in [-0.25, -0.2) is 0 Å². The van der Waals surface area contributed by atoms with Crippen LogP contribution in [-0.4, -0.2) is 24.4 Å². The van der Waals surface area contributed by atoms with Crippen molar-refractivity contribution in [2.75, 3.05) is 0 Å². The second-order valence-corrected chi connectivity index (χ2v) is 0.641. The molecule has 0 aromatic rings. The Morgan fingerprint density at radius 2 is 2.33 bits per heavy atom. The van der Waals surface area contributed by atoms with Crippen LogP contribution in [-0.2, 0) is 4.79 Å². The number of carboxylic acid groups (broad SMARTS) is 1. The second-order valence-electron chi connectivity index (χ2n) is 0.641. The molecule has 3 nitrogen and oxygen atoms in total. The fourth-order valence-corrected chi connectivity index (χ4v) is 0.0582. The van der Waals surface area contributed by atoms with Gasteiger partial charge in [-0.1, -0.05) is 0 Å². The molecule has 1 radical (unpaired) electrons. The Balaban J connectivity index is 3.05. The molecular weight excluding hydrogens is 82.8 g/mol. The molecule has 0 unspecified atom stereocenters. The van der Waals surface area contributed by atoms with E-state index in [1.54, 1.807) is 0 Å². The van der Waals surface area contributed by atoms with Crippen LogP contribution < -0.4 is 0 Å². The van der Waals surface area contributed by atoms with E-state index in [-0.39, 0.29) is 6.19 Å². The molecular formula is C2H2BO3. The molecule has 6 heavy (non-hydrogen) atoms. The first kappa shape index (κ1) is 5.20. The summed E-state index contributed by atoms with van der Waals surface area (Å²) >= 11 is 0. The Morgan fingerprint density at radius 3 is 2.33 bits per heavy atom. The summed E-state index contributed by atoms with van der Waals surface area (Å²) in [6.45, 7) is 0. The van der Waals surface area contributed by atoms with Crippen LogP contribution in [0.1, 0.15) is 0 Å². The van der Waals surface area contributed by atoms with Crippen molar-refractivity contribution in [1.29, 1.82) is 0 Å². The highest BCUT2D eigenvalue weighted by molar-refractivity contribution is 6.91. The van der Waals surface area contributed by atoms with Gasteiger partial charge in [-0.2, -0.15) is 0 Å². The molecule has 0 amide bonds. The lowest BCUT2D eigenvalue weighted by Crippen LogP contribution is -2.04.